The van der Waals surface area contributed by atoms with E-state index >= 15 is 0 Å². The molecule has 1 aliphatic heterocycles. The van der Waals surface area contributed by atoms with Crippen molar-refractivity contribution >= 4 is 6.03 Å². The van der Waals surface area contributed by atoms with Crippen molar-refractivity contribution in [1.82, 2.24) is 15.5 Å². The number of piperidine rings is 1. The molecule has 1 rings (SSSR count). The van der Waals surface area contributed by atoms with Gasteiger partial charge in [-0.25, -0.2) is 4.79 Å². The lowest BCUT2D eigenvalue weighted by atomic mass is 9.88. The van der Waals surface area contributed by atoms with Crippen LogP contribution in [0.3, 0.4) is 0 Å². The molecule has 1 fully saturated rings. The monoisotopic (exact) mass is 268 g/mol. The predicted molar refractivity (Wildman–Crippen MR) is 61.1 cm³/mol. The van der Waals surface area contributed by atoms with E-state index in [4.69, 9.17) is 5.73 Å². The van der Waals surface area contributed by atoms with Crippen LogP contribution < -0.4 is 16.4 Å². The Labute approximate surface area is 104 Å². The Balaban J connectivity index is 2.45. The van der Waals surface area contributed by atoms with Crippen LogP contribution in [-0.4, -0.2) is 55.9 Å². The number of nitrogens with zero attached hydrogens (tertiary/aromatic N) is 1. The second-order valence-electron chi connectivity index (χ2n) is 4.71. The van der Waals surface area contributed by atoms with Crippen molar-refractivity contribution in [2.75, 3.05) is 33.2 Å². The third-order valence-electron chi connectivity index (χ3n) is 3.16. The molecule has 0 spiro atoms. The summed E-state index contributed by atoms with van der Waals surface area (Å²) in [7, 11) is 1.95. The number of carbonyl (C=O) groups is 1. The largest absolute Gasteiger partial charge is 0.405 e. The number of nitrogens with one attached hydrogen (secondary N) is 2. The Morgan fingerprint density at radius 1 is 1.39 bits per heavy atom. The molecule has 0 aromatic carbocycles. The molecule has 8 heteroatoms. The minimum atomic E-state index is -4.40. The molecule has 0 atom stereocenters. The molecule has 1 heterocycles. The molecule has 1 aliphatic rings. The van der Waals surface area contributed by atoms with Crippen LogP contribution in [0, 0.1) is 0 Å². The highest BCUT2D eigenvalue weighted by molar-refractivity contribution is 5.74. The van der Waals surface area contributed by atoms with Crippen molar-refractivity contribution in [2.24, 2.45) is 5.73 Å². The number of likely N-dealkylation sites (tertiary alicyclic amines) is 1. The van der Waals surface area contributed by atoms with Gasteiger partial charge in [-0.1, -0.05) is 0 Å². The van der Waals surface area contributed by atoms with Gasteiger partial charge in [0.05, 0.1) is 5.54 Å². The number of hydrogen-bond donors (Lipinski definition) is 3. The van der Waals surface area contributed by atoms with Crippen LogP contribution in [0.5, 0.6) is 0 Å². The zero-order valence-electron chi connectivity index (χ0n) is 10.3. The van der Waals surface area contributed by atoms with Crippen molar-refractivity contribution in [3.8, 4) is 0 Å². The molecule has 106 valence electrons. The average Bonchev–Trinajstić information content (AvgIpc) is 2.29. The molecule has 1 saturated heterocycles. The minimum absolute atomic E-state index is 0.222. The van der Waals surface area contributed by atoms with Gasteiger partial charge in [-0.3, -0.25) is 0 Å². The Hall–Kier alpha value is -1.02. The van der Waals surface area contributed by atoms with Crippen LogP contribution in [-0.2, 0) is 0 Å². The van der Waals surface area contributed by atoms with Crippen LogP contribution in [0.4, 0.5) is 18.0 Å². The summed E-state index contributed by atoms with van der Waals surface area (Å²) in [6.07, 6.45) is -3.13. The lowest BCUT2D eigenvalue weighted by molar-refractivity contribution is -0.122. The van der Waals surface area contributed by atoms with Crippen LogP contribution >= 0.6 is 0 Å². The van der Waals surface area contributed by atoms with E-state index in [2.05, 4.69) is 10.2 Å². The second-order valence-corrected chi connectivity index (χ2v) is 4.71. The Morgan fingerprint density at radius 3 is 2.39 bits per heavy atom. The lowest BCUT2D eigenvalue weighted by Gasteiger charge is -2.40. The highest BCUT2D eigenvalue weighted by Crippen LogP contribution is 2.20. The first-order chi connectivity index (χ1) is 8.26. The molecule has 18 heavy (non-hydrogen) atoms. The molecule has 2 amide bonds. The molecule has 4 N–H and O–H groups in total. The van der Waals surface area contributed by atoms with E-state index in [1.807, 2.05) is 7.05 Å². The first kappa shape index (κ1) is 15.0. The fraction of sp³-hybridized carbons (Fsp3) is 0.900. The van der Waals surface area contributed by atoms with Crippen molar-refractivity contribution < 1.29 is 18.0 Å². The normalized spacial score (nSPS) is 20.5. The van der Waals surface area contributed by atoms with Gasteiger partial charge < -0.3 is 21.3 Å². The van der Waals surface area contributed by atoms with Gasteiger partial charge in [-0.15, -0.1) is 0 Å². The Kier molecular flexibility index (Phi) is 4.80. The van der Waals surface area contributed by atoms with Gasteiger partial charge in [0.1, 0.15) is 6.54 Å². The number of alkyl halides is 3. The fourth-order valence-corrected chi connectivity index (χ4v) is 1.89. The maximum Gasteiger partial charge on any atom is 0.405 e. The van der Waals surface area contributed by atoms with Crippen molar-refractivity contribution in [3.05, 3.63) is 0 Å². The van der Waals surface area contributed by atoms with E-state index in [0.717, 1.165) is 13.1 Å². The second kappa shape index (κ2) is 5.75. The van der Waals surface area contributed by atoms with Crippen molar-refractivity contribution in [2.45, 2.75) is 24.6 Å². The molecule has 0 saturated carbocycles. The van der Waals surface area contributed by atoms with Gasteiger partial charge in [-0.2, -0.15) is 13.2 Å². The summed E-state index contributed by atoms with van der Waals surface area (Å²) in [5.41, 5.74) is 5.04. The number of hydrogen-bond acceptors (Lipinski definition) is 3. The number of rotatable bonds is 3. The van der Waals surface area contributed by atoms with Crippen LogP contribution in [0.2, 0.25) is 0 Å². The Morgan fingerprint density at radius 2 is 1.94 bits per heavy atom. The minimum Gasteiger partial charge on any atom is -0.331 e. The zero-order chi connectivity index (χ0) is 13.8. The molecular formula is C10H19F3N4O. The van der Waals surface area contributed by atoms with Gasteiger partial charge in [0, 0.05) is 19.6 Å². The molecule has 0 unspecified atom stereocenters. The van der Waals surface area contributed by atoms with Crippen LogP contribution in [0.25, 0.3) is 0 Å². The highest BCUT2D eigenvalue weighted by Gasteiger charge is 2.35. The summed E-state index contributed by atoms with van der Waals surface area (Å²) in [6.45, 7) is 0.410. The van der Waals surface area contributed by atoms with Crippen LogP contribution in [0.15, 0.2) is 0 Å². The third-order valence-corrected chi connectivity index (χ3v) is 3.16. The molecule has 0 bridgehead atoms. The topological polar surface area (TPSA) is 70.4 Å². The molecule has 0 aromatic rings. The van der Waals surface area contributed by atoms with E-state index in [1.165, 1.54) is 0 Å². The van der Waals surface area contributed by atoms with Crippen molar-refractivity contribution in [1.29, 1.82) is 0 Å². The maximum absolute atomic E-state index is 11.9. The zero-order valence-corrected chi connectivity index (χ0v) is 10.3. The van der Waals surface area contributed by atoms with Gasteiger partial charge in [-0.05, 0) is 19.9 Å². The summed E-state index contributed by atoms with van der Waals surface area (Å²) >= 11 is 0. The molecule has 0 radical (unpaired) electrons. The van der Waals surface area contributed by atoms with Gasteiger partial charge >= 0.3 is 12.2 Å². The highest BCUT2D eigenvalue weighted by atomic mass is 19.4. The SMILES string of the molecule is CN1CCC(CN)(NC(=O)NCC(F)(F)F)CC1. The van der Waals surface area contributed by atoms with Crippen molar-refractivity contribution in [3.63, 3.8) is 0 Å². The number of nitrogens with two attached hydrogens (primary N) is 1. The van der Waals surface area contributed by atoms with E-state index in [9.17, 15) is 18.0 Å². The summed E-state index contributed by atoms with van der Waals surface area (Å²) in [4.78, 5) is 13.5. The molecular weight excluding hydrogens is 249 g/mol. The predicted octanol–water partition coefficient (Wildman–Crippen LogP) is 0.271. The number of halogens is 3. The van der Waals surface area contributed by atoms with E-state index in [0.29, 0.717) is 12.8 Å². The summed E-state index contributed by atoms with van der Waals surface area (Å²) in [5, 5.41) is 4.37. The number of urea groups is 1. The summed E-state index contributed by atoms with van der Waals surface area (Å²) in [6, 6.07) is -0.817. The lowest BCUT2D eigenvalue weighted by Crippen LogP contribution is -2.61. The third kappa shape index (κ3) is 4.69. The molecule has 0 aromatic heterocycles. The average molecular weight is 268 g/mol. The quantitative estimate of drug-likeness (QED) is 0.688. The van der Waals surface area contributed by atoms with Gasteiger partial charge in [0.25, 0.3) is 0 Å². The maximum atomic E-state index is 11.9. The van der Waals surface area contributed by atoms with Crippen LogP contribution in [0.1, 0.15) is 12.8 Å². The number of amides is 2. The van der Waals surface area contributed by atoms with E-state index in [1.54, 1.807) is 5.32 Å². The first-order valence-corrected chi connectivity index (χ1v) is 5.78. The number of carbonyl (C=O) groups excluding carboxylic acids is 1. The standard InChI is InChI=1S/C10H19F3N4O/c1-17-4-2-9(6-14,3-5-17)16-8(18)15-7-10(11,12)13/h2-7,14H2,1H3,(H2,15,16,18). The smallest absolute Gasteiger partial charge is 0.331 e. The summed E-state index contributed by atoms with van der Waals surface area (Å²) in [5.74, 6) is 0. The van der Waals surface area contributed by atoms with Gasteiger partial charge in [0.15, 0.2) is 0 Å². The molecule has 5 nitrogen and oxygen atoms in total. The Bertz CT molecular complexity index is 287. The van der Waals surface area contributed by atoms with E-state index < -0.39 is 24.3 Å². The first-order valence-electron chi connectivity index (χ1n) is 5.78. The fourth-order valence-electron chi connectivity index (χ4n) is 1.89. The van der Waals surface area contributed by atoms with Gasteiger partial charge in [0.2, 0.25) is 0 Å². The summed E-state index contributed by atoms with van der Waals surface area (Å²) < 4.78 is 35.8. The van der Waals surface area contributed by atoms with E-state index in [-0.39, 0.29) is 6.54 Å². The molecule has 0 aliphatic carbocycles.